The summed E-state index contributed by atoms with van der Waals surface area (Å²) in [7, 11) is 0. The second kappa shape index (κ2) is 5.75. The number of hydrogen-bond donors (Lipinski definition) is 2. The molecule has 1 amide bonds. The van der Waals surface area contributed by atoms with Gasteiger partial charge < -0.3 is 11.1 Å². The predicted octanol–water partition coefficient (Wildman–Crippen LogP) is 1.65. The molecule has 1 aromatic heterocycles. The van der Waals surface area contributed by atoms with E-state index in [0.29, 0.717) is 11.5 Å². The molecule has 0 unspecified atom stereocenters. The standard InChI is InChI=1S/C12H17N3OS2/c13-10(17)12(4-1-2-5-12)11(16)15-6-3-9-14-7-8-18-9/h7-8H,1-6H2,(H2,13,17)(H,15,16). The van der Waals surface area contributed by atoms with Crippen LogP contribution in [0.1, 0.15) is 30.7 Å². The van der Waals surface area contributed by atoms with Crippen molar-refractivity contribution < 1.29 is 4.79 Å². The average Bonchev–Trinajstić information content (AvgIpc) is 3.00. The average molecular weight is 283 g/mol. The van der Waals surface area contributed by atoms with Gasteiger partial charge in [0.15, 0.2) is 0 Å². The zero-order chi connectivity index (χ0) is 13.0. The number of carbonyl (C=O) groups excluding carboxylic acids is 1. The molecule has 0 aromatic carbocycles. The van der Waals surface area contributed by atoms with Gasteiger partial charge in [-0.15, -0.1) is 11.3 Å². The minimum atomic E-state index is -0.599. The van der Waals surface area contributed by atoms with Crippen LogP contribution in [0.25, 0.3) is 0 Å². The van der Waals surface area contributed by atoms with E-state index >= 15 is 0 Å². The maximum atomic E-state index is 12.2. The molecule has 0 atom stereocenters. The third-order valence-electron chi connectivity index (χ3n) is 3.47. The summed E-state index contributed by atoms with van der Waals surface area (Å²) in [6.07, 6.45) is 6.15. The van der Waals surface area contributed by atoms with E-state index in [1.807, 2.05) is 5.38 Å². The summed E-state index contributed by atoms with van der Waals surface area (Å²) in [6.45, 7) is 0.594. The molecule has 1 aliphatic carbocycles. The number of nitrogens with one attached hydrogen (secondary N) is 1. The second-order valence-electron chi connectivity index (χ2n) is 4.59. The monoisotopic (exact) mass is 283 g/mol. The fraction of sp³-hybridized carbons (Fsp3) is 0.583. The van der Waals surface area contributed by atoms with Gasteiger partial charge in [-0.05, 0) is 12.8 Å². The van der Waals surface area contributed by atoms with Crippen molar-refractivity contribution in [2.24, 2.45) is 11.1 Å². The van der Waals surface area contributed by atoms with Crippen molar-refractivity contribution in [3.05, 3.63) is 16.6 Å². The van der Waals surface area contributed by atoms with Crippen LogP contribution >= 0.6 is 23.6 Å². The molecule has 3 N–H and O–H groups in total. The minimum absolute atomic E-state index is 0.0101. The van der Waals surface area contributed by atoms with Gasteiger partial charge in [-0.2, -0.15) is 0 Å². The molecule has 98 valence electrons. The number of rotatable bonds is 5. The summed E-state index contributed by atoms with van der Waals surface area (Å²) in [5.74, 6) is -0.0101. The van der Waals surface area contributed by atoms with Crippen molar-refractivity contribution in [1.82, 2.24) is 10.3 Å². The molecular weight excluding hydrogens is 266 g/mol. The lowest BCUT2D eigenvalue weighted by atomic mass is 9.85. The first-order valence-corrected chi connectivity index (χ1v) is 7.40. The number of hydrogen-bond acceptors (Lipinski definition) is 4. The molecule has 0 saturated heterocycles. The number of nitrogens with two attached hydrogens (primary N) is 1. The van der Waals surface area contributed by atoms with Crippen molar-refractivity contribution in [3.8, 4) is 0 Å². The summed E-state index contributed by atoms with van der Waals surface area (Å²) >= 11 is 6.68. The van der Waals surface area contributed by atoms with E-state index in [1.54, 1.807) is 17.5 Å². The summed E-state index contributed by atoms with van der Waals surface area (Å²) in [4.78, 5) is 16.8. The number of aromatic nitrogens is 1. The number of nitrogens with zero attached hydrogens (tertiary/aromatic N) is 1. The first-order valence-electron chi connectivity index (χ1n) is 6.12. The maximum absolute atomic E-state index is 12.2. The van der Waals surface area contributed by atoms with Gasteiger partial charge in [-0.1, -0.05) is 25.1 Å². The van der Waals surface area contributed by atoms with Crippen LogP contribution in [0.5, 0.6) is 0 Å². The number of amides is 1. The van der Waals surface area contributed by atoms with Gasteiger partial charge in [0, 0.05) is 24.5 Å². The van der Waals surface area contributed by atoms with Crippen molar-refractivity contribution in [3.63, 3.8) is 0 Å². The number of carbonyl (C=O) groups is 1. The van der Waals surface area contributed by atoms with Crippen LogP contribution < -0.4 is 11.1 Å². The Morgan fingerprint density at radius 2 is 2.28 bits per heavy atom. The highest BCUT2D eigenvalue weighted by molar-refractivity contribution is 7.80. The predicted molar refractivity (Wildman–Crippen MR) is 76.5 cm³/mol. The zero-order valence-corrected chi connectivity index (χ0v) is 11.8. The normalized spacial score (nSPS) is 17.6. The van der Waals surface area contributed by atoms with Crippen LogP contribution in [0.15, 0.2) is 11.6 Å². The van der Waals surface area contributed by atoms with Crippen LogP contribution in [0.3, 0.4) is 0 Å². The molecule has 0 bridgehead atoms. The molecule has 1 saturated carbocycles. The lowest BCUT2D eigenvalue weighted by Crippen LogP contribution is -2.47. The van der Waals surface area contributed by atoms with Crippen LogP contribution in [-0.4, -0.2) is 22.4 Å². The van der Waals surface area contributed by atoms with E-state index in [1.165, 1.54) is 0 Å². The Labute approximate surface area is 116 Å². The topological polar surface area (TPSA) is 68.0 Å². The SMILES string of the molecule is NC(=S)C1(C(=O)NCCc2nccs2)CCCC1. The Morgan fingerprint density at radius 3 is 2.83 bits per heavy atom. The molecule has 6 heteroatoms. The lowest BCUT2D eigenvalue weighted by molar-refractivity contribution is -0.127. The lowest BCUT2D eigenvalue weighted by Gasteiger charge is -2.26. The summed E-state index contributed by atoms with van der Waals surface area (Å²) in [5.41, 5.74) is 5.16. The third-order valence-corrected chi connectivity index (χ3v) is 4.70. The molecule has 18 heavy (non-hydrogen) atoms. The maximum Gasteiger partial charge on any atom is 0.233 e. The van der Waals surface area contributed by atoms with Gasteiger partial charge in [0.25, 0.3) is 0 Å². The van der Waals surface area contributed by atoms with Gasteiger partial charge in [0.2, 0.25) is 5.91 Å². The van der Waals surface area contributed by atoms with Crippen molar-refractivity contribution in [2.75, 3.05) is 6.54 Å². The zero-order valence-electron chi connectivity index (χ0n) is 10.1. The molecule has 1 fully saturated rings. The highest BCUT2D eigenvalue weighted by Crippen LogP contribution is 2.38. The van der Waals surface area contributed by atoms with E-state index < -0.39 is 5.41 Å². The van der Waals surface area contributed by atoms with Crippen molar-refractivity contribution >= 4 is 34.5 Å². The van der Waals surface area contributed by atoms with Gasteiger partial charge in [0.1, 0.15) is 0 Å². The summed E-state index contributed by atoms with van der Waals surface area (Å²) in [6, 6.07) is 0. The molecule has 2 rings (SSSR count). The van der Waals surface area contributed by atoms with E-state index in [9.17, 15) is 4.79 Å². The highest BCUT2D eigenvalue weighted by Gasteiger charge is 2.43. The van der Waals surface area contributed by atoms with Gasteiger partial charge >= 0.3 is 0 Å². The second-order valence-corrected chi connectivity index (χ2v) is 6.00. The fourth-order valence-corrected chi connectivity index (χ4v) is 3.31. The molecule has 0 radical (unpaired) electrons. The van der Waals surface area contributed by atoms with Gasteiger partial charge in [-0.25, -0.2) is 4.98 Å². The smallest absolute Gasteiger partial charge is 0.233 e. The minimum Gasteiger partial charge on any atom is -0.392 e. The summed E-state index contributed by atoms with van der Waals surface area (Å²) in [5, 5.41) is 5.91. The molecule has 4 nitrogen and oxygen atoms in total. The molecule has 1 aliphatic rings. The third kappa shape index (κ3) is 2.70. The summed E-state index contributed by atoms with van der Waals surface area (Å²) < 4.78 is 0. The van der Waals surface area contributed by atoms with E-state index in [4.69, 9.17) is 18.0 Å². The Kier molecular flexibility index (Phi) is 4.29. The number of thiocarbonyl (C=S) groups is 1. The van der Waals surface area contributed by atoms with Crippen LogP contribution in [0.2, 0.25) is 0 Å². The molecule has 0 spiro atoms. The highest BCUT2D eigenvalue weighted by atomic mass is 32.1. The van der Waals surface area contributed by atoms with Crippen LogP contribution in [0.4, 0.5) is 0 Å². The van der Waals surface area contributed by atoms with Gasteiger partial charge in [-0.3, -0.25) is 4.79 Å². The molecule has 1 aromatic rings. The van der Waals surface area contributed by atoms with Crippen LogP contribution in [0, 0.1) is 5.41 Å². The first kappa shape index (κ1) is 13.4. The van der Waals surface area contributed by atoms with E-state index in [0.717, 1.165) is 37.1 Å². The van der Waals surface area contributed by atoms with Gasteiger partial charge in [0.05, 0.1) is 15.4 Å². The Balaban J connectivity index is 1.88. The van der Waals surface area contributed by atoms with Crippen LogP contribution in [-0.2, 0) is 11.2 Å². The Hall–Kier alpha value is -1.01. The molecule has 0 aliphatic heterocycles. The van der Waals surface area contributed by atoms with E-state index in [2.05, 4.69) is 10.3 Å². The number of thiazole rings is 1. The Bertz CT molecular complexity index is 425. The van der Waals surface area contributed by atoms with E-state index in [-0.39, 0.29) is 5.91 Å². The quantitative estimate of drug-likeness (QED) is 0.806. The van der Waals surface area contributed by atoms with Crippen molar-refractivity contribution in [1.29, 1.82) is 0 Å². The Morgan fingerprint density at radius 1 is 1.56 bits per heavy atom. The first-order chi connectivity index (χ1) is 8.65. The van der Waals surface area contributed by atoms with Crippen molar-refractivity contribution in [2.45, 2.75) is 32.1 Å². The fourth-order valence-electron chi connectivity index (χ4n) is 2.39. The molecular formula is C12H17N3OS2. The largest absolute Gasteiger partial charge is 0.392 e. The molecule has 1 heterocycles.